The lowest BCUT2D eigenvalue weighted by molar-refractivity contribution is -0.0288. The molecule has 9 nitrogen and oxygen atoms in total. The molecule has 10 heteroatoms. The number of imidazole rings is 1. The zero-order chi connectivity index (χ0) is 17.6. The van der Waals surface area contributed by atoms with Gasteiger partial charge in [0.2, 0.25) is 0 Å². The van der Waals surface area contributed by atoms with Gasteiger partial charge in [-0.2, -0.15) is 12.6 Å². The van der Waals surface area contributed by atoms with Crippen molar-refractivity contribution in [2.75, 3.05) is 11.1 Å². The van der Waals surface area contributed by atoms with Crippen LogP contribution in [-0.4, -0.2) is 71.0 Å². The highest BCUT2D eigenvalue weighted by Gasteiger charge is 2.43. The van der Waals surface area contributed by atoms with Crippen molar-refractivity contribution >= 4 is 29.6 Å². The van der Waals surface area contributed by atoms with E-state index in [1.807, 2.05) is 0 Å². The summed E-state index contributed by atoms with van der Waals surface area (Å²) in [5, 5.41) is 33.6. The summed E-state index contributed by atoms with van der Waals surface area (Å²) in [4.78, 5) is 12.8. The predicted molar refractivity (Wildman–Crippen MR) is 92.4 cm³/mol. The molecule has 3 heterocycles. The third-order valence-electron chi connectivity index (χ3n) is 4.95. The molecule has 1 aliphatic carbocycles. The molecule has 2 aromatic rings. The SMILES string of the molecule is OC1CCCC1Nc1ncnc2c1ncn2[C@@H]1O[C@H](CS)[C@@H](O)[C@H]1O. The van der Waals surface area contributed by atoms with E-state index in [4.69, 9.17) is 4.74 Å². The predicted octanol–water partition coefficient (Wildman–Crippen LogP) is -0.299. The van der Waals surface area contributed by atoms with Gasteiger partial charge in [-0.05, 0) is 19.3 Å². The first kappa shape index (κ1) is 17.0. The Morgan fingerprint density at radius 2 is 2.04 bits per heavy atom. The summed E-state index contributed by atoms with van der Waals surface area (Å²) in [6, 6.07) is -0.0630. The van der Waals surface area contributed by atoms with E-state index < -0.39 is 30.6 Å². The fourth-order valence-corrected chi connectivity index (χ4v) is 3.84. The fraction of sp³-hybridized carbons (Fsp3) is 0.667. The largest absolute Gasteiger partial charge is 0.391 e. The van der Waals surface area contributed by atoms with Gasteiger partial charge in [0.05, 0.1) is 24.6 Å². The Morgan fingerprint density at radius 3 is 2.72 bits per heavy atom. The van der Waals surface area contributed by atoms with Crippen molar-refractivity contribution in [1.29, 1.82) is 0 Å². The standard InChI is InChI=1S/C15H21N5O4S/c21-8-3-1-2-7(8)19-13-10-14(17-5-16-13)20(6-18-10)15-12(23)11(22)9(4-25)24-15/h5-9,11-12,15,21-23,25H,1-4H2,(H,16,17,19)/t7?,8?,9-,11-,12-,15-/m1/s1. The van der Waals surface area contributed by atoms with Crippen LogP contribution in [-0.2, 0) is 4.74 Å². The number of rotatable bonds is 4. The minimum Gasteiger partial charge on any atom is -0.391 e. The molecule has 0 aromatic carbocycles. The number of anilines is 1. The van der Waals surface area contributed by atoms with E-state index in [2.05, 4.69) is 32.9 Å². The van der Waals surface area contributed by atoms with Crippen molar-refractivity contribution in [2.24, 2.45) is 0 Å². The van der Waals surface area contributed by atoms with Gasteiger partial charge in [0, 0.05) is 5.75 Å². The maximum Gasteiger partial charge on any atom is 0.167 e. The molecule has 1 aliphatic heterocycles. The molecule has 4 rings (SSSR count). The van der Waals surface area contributed by atoms with Gasteiger partial charge in [0.1, 0.15) is 18.5 Å². The van der Waals surface area contributed by atoms with Gasteiger partial charge in [0.25, 0.3) is 0 Å². The maximum atomic E-state index is 10.3. The summed E-state index contributed by atoms with van der Waals surface area (Å²) < 4.78 is 7.29. The van der Waals surface area contributed by atoms with Crippen molar-refractivity contribution in [1.82, 2.24) is 19.5 Å². The lowest BCUT2D eigenvalue weighted by Gasteiger charge is -2.18. The molecule has 2 aromatic heterocycles. The smallest absolute Gasteiger partial charge is 0.167 e. The molecule has 2 aliphatic rings. The molecule has 136 valence electrons. The zero-order valence-electron chi connectivity index (χ0n) is 13.4. The number of nitrogens with zero attached hydrogens (tertiary/aromatic N) is 4. The van der Waals surface area contributed by atoms with E-state index in [0.29, 0.717) is 22.7 Å². The van der Waals surface area contributed by atoms with E-state index in [-0.39, 0.29) is 6.04 Å². The van der Waals surface area contributed by atoms with Gasteiger partial charge < -0.3 is 25.4 Å². The first-order valence-electron chi connectivity index (χ1n) is 8.34. The van der Waals surface area contributed by atoms with Crippen molar-refractivity contribution in [3.63, 3.8) is 0 Å². The van der Waals surface area contributed by atoms with Crippen LogP contribution < -0.4 is 5.32 Å². The van der Waals surface area contributed by atoms with E-state index in [9.17, 15) is 15.3 Å². The molecular weight excluding hydrogens is 346 g/mol. The lowest BCUT2D eigenvalue weighted by atomic mass is 10.1. The van der Waals surface area contributed by atoms with Gasteiger partial charge >= 0.3 is 0 Å². The van der Waals surface area contributed by atoms with Crippen molar-refractivity contribution < 1.29 is 20.1 Å². The molecule has 6 atom stereocenters. The molecule has 1 saturated carbocycles. The highest BCUT2D eigenvalue weighted by Crippen LogP contribution is 2.33. The molecular formula is C15H21N5O4S. The molecule has 25 heavy (non-hydrogen) atoms. The van der Waals surface area contributed by atoms with Crippen LogP contribution in [0.5, 0.6) is 0 Å². The maximum absolute atomic E-state index is 10.3. The number of hydrogen-bond donors (Lipinski definition) is 5. The number of ether oxygens (including phenoxy) is 1. The number of nitrogens with one attached hydrogen (secondary N) is 1. The highest BCUT2D eigenvalue weighted by atomic mass is 32.1. The van der Waals surface area contributed by atoms with Gasteiger partial charge in [0.15, 0.2) is 23.2 Å². The minimum absolute atomic E-state index is 0.0630. The van der Waals surface area contributed by atoms with Crippen molar-refractivity contribution in [3.05, 3.63) is 12.7 Å². The molecule has 0 bridgehead atoms. The number of fused-ring (bicyclic) bond motifs is 1. The van der Waals surface area contributed by atoms with Crippen molar-refractivity contribution in [2.45, 2.75) is 55.9 Å². The second-order valence-corrected chi connectivity index (χ2v) is 6.89. The summed E-state index contributed by atoms with van der Waals surface area (Å²) in [6.45, 7) is 0. The third kappa shape index (κ3) is 2.87. The Morgan fingerprint density at radius 1 is 1.20 bits per heavy atom. The number of aliphatic hydroxyl groups is 3. The second-order valence-electron chi connectivity index (χ2n) is 6.52. The van der Waals surface area contributed by atoms with Gasteiger partial charge in [-0.3, -0.25) is 4.57 Å². The Labute approximate surface area is 149 Å². The molecule has 4 N–H and O–H groups in total. The molecule has 0 amide bonds. The average Bonchev–Trinajstić information content (AvgIpc) is 3.29. The van der Waals surface area contributed by atoms with Crippen LogP contribution in [0.15, 0.2) is 12.7 Å². The molecule has 0 radical (unpaired) electrons. The normalized spacial score (nSPS) is 35.5. The van der Waals surface area contributed by atoms with Crippen LogP contribution in [0.1, 0.15) is 25.5 Å². The number of hydrogen-bond acceptors (Lipinski definition) is 9. The summed E-state index contributed by atoms with van der Waals surface area (Å²) in [6.07, 6.45) is 1.63. The monoisotopic (exact) mass is 367 g/mol. The Kier molecular flexibility index (Phi) is 4.54. The minimum atomic E-state index is -1.10. The van der Waals surface area contributed by atoms with E-state index in [0.717, 1.165) is 19.3 Å². The number of aliphatic hydroxyl groups excluding tert-OH is 3. The fourth-order valence-electron chi connectivity index (χ4n) is 3.54. The summed E-state index contributed by atoms with van der Waals surface area (Å²) in [5.41, 5.74) is 1.02. The van der Waals surface area contributed by atoms with Gasteiger partial charge in [-0.25, -0.2) is 15.0 Å². The van der Waals surface area contributed by atoms with Crippen LogP contribution in [0.2, 0.25) is 0 Å². The van der Waals surface area contributed by atoms with Gasteiger partial charge in [-0.15, -0.1) is 0 Å². The van der Waals surface area contributed by atoms with Crippen LogP contribution in [0.3, 0.4) is 0 Å². The van der Waals surface area contributed by atoms with Crippen molar-refractivity contribution in [3.8, 4) is 0 Å². The zero-order valence-corrected chi connectivity index (χ0v) is 14.3. The first-order valence-corrected chi connectivity index (χ1v) is 8.98. The van der Waals surface area contributed by atoms with Crippen LogP contribution in [0.25, 0.3) is 11.2 Å². The second kappa shape index (κ2) is 6.69. The quantitative estimate of drug-likeness (QED) is 0.467. The molecule has 2 unspecified atom stereocenters. The third-order valence-corrected chi connectivity index (χ3v) is 5.31. The van der Waals surface area contributed by atoms with E-state index >= 15 is 0 Å². The topological polar surface area (TPSA) is 126 Å². The number of aromatic nitrogens is 4. The Hall–Kier alpha value is -1.46. The Bertz CT molecular complexity index is 759. The number of thiol groups is 1. The molecule has 0 spiro atoms. The summed E-state index contributed by atoms with van der Waals surface area (Å²) in [7, 11) is 0. The molecule has 1 saturated heterocycles. The van der Waals surface area contributed by atoms with Crippen LogP contribution in [0.4, 0.5) is 5.82 Å². The summed E-state index contributed by atoms with van der Waals surface area (Å²) >= 11 is 4.14. The summed E-state index contributed by atoms with van der Waals surface area (Å²) in [5.74, 6) is 0.830. The van der Waals surface area contributed by atoms with Crippen LogP contribution in [0, 0.1) is 0 Å². The molecule has 2 fully saturated rings. The first-order chi connectivity index (χ1) is 12.1. The van der Waals surface area contributed by atoms with Gasteiger partial charge in [-0.1, -0.05) is 0 Å². The Balaban J connectivity index is 1.65. The average molecular weight is 367 g/mol. The van der Waals surface area contributed by atoms with E-state index in [1.54, 1.807) is 4.57 Å². The lowest BCUT2D eigenvalue weighted by Crippen LogP contribution is -2.32. The van der Waals surface area contributed by atoms with Crippen LogP contribution >= 0.6 is 12.6 Å². The van der Waals surface area contributed by atoms with E-state index in [1.165, 1.54) is 12.7 Å². The highest BCUT2D eigenvalue weighted by molar-refractivity contribution is 7.80.